The molecule has 1 atom stereocenters. The summed E-state index contributed by atoms with van der Waals surface area (Å²) in [7, 11) is 0. The molecule has 0 aliphatic rings. The molecule has 4 heteroatoms. The van der Waals surface area contributed by atoms with E-state index in [0.717, 1.165) is 31.3 Å². The first kappa shape index (κ1) is 22.6. The van der Waals surface area contributed by atoms with Crippen LogP contribution in [-0.4, -0.2) is 22.6 Å². The van der Waals surface area contributed by atoms with E-state index >= 15 is 0 Å². The lowest BCUT2D eigenvalue weighted by Crippen LogP contribution is -2.19. The number of hydrogen-bond donors (Lipinski definition) is 2. The van der Waals surface area contributed by atoms with E-state index in [0.29, 0.717) is 6.42 Å². The van der Waals surface area contributed by atoms with E-state index in [-0.39, 0.29) is 24.3 Å². The first-order chi connectivity index (χ1) is 11.4. The average molecular weight is 338 g/mol. The molecular weight excluding hydrogens is 302 g/mol. The van der Waals surface area contributed by atoms with Crippen molar-refractivity contribution in [1.29, 1.82) is 5.41 Å². The maximum Gasteiger partial charge on any atom is 0.306 e. The molecule has 0 aliphatic carbocycles. The van der Waals surface area contributed by atoms with Crippen LogP contribution in [0.15, 0.2) is 11.6 Å². The van der Waals surface area contributed by atoms with Crippen molar-refractivity contribution in [3.8, 4) is 0 Å². The molecule has 24 heavy (non-hydrogen) atoms. The smallest absolute Gasteiger partial charge is 0.306 e. The number of carbonyl (C=O) groups is 2. The van der Waals surface area contributed by atoms with Gasteiger partial charge in [-0.05, 0) is 38.7 Å². The number of carboxylic acids is 1. The van der Waals surface area contributed by atoms with Crippen LogP contribution in [0.5, 0.6) is 0 Å². The second-order valence-electron chi connectivity index (χ2n) is 6.78. The Labute approximate surface area is 147 Å². The molecule has 0 aliphatic heterocycles. The van der Waals surface area contributed by atoms with Gasteiger partial charge in [0.05, 0.1) is 5.92 Å². The summed E-state index contributed by atoms with van der Waals surface area (Å²) in [5, 5.41) is 17.1. The number of rotatable bonds is 15. The summed E-state index contributed by atoms with van der Waals surface area (Å²) < 4.78 is 0. The number of carboxylic acid groups (broad SMARTS) is 1. The molecule has 0 aromatic heterocycles. The predicted molar refractivity (Wildman–Crippen MR) is 99.8 cm³/mol. The third-order valence-corrected chi connectivity index (χ3v) is 4.22. The number of allylic oxidation sites excluding steroid dienone is 2. The van der Waals surface area contributed by atoms with Gasteiger partial charge in [-0.3, -0.25) is 9.59 Å². The summed E-state index contributed by atoms with van der Waals surface area (Å²) in [6, 6.07) is 0. The Bertz CT molecular complexity index is 427. The normalized spacial score (nSPS) is 12.9. The number of hydrogen-bond acceptors (Lipinski definition) is 3. The quantitative estimate of drug-likeness (QED) is 0.233. The molecule has 0 spiro atoms. The molecule has 0 rings (SSSR count). The van der Waals surface area contributed by atoms with E-state index in [1.54, 1.807) is 6.08 Å². The molecule has 1 unspecified atom stereocenters. The van der Waals surface area contributed by atoms with Gasteiger partial charge in [0.2, 0.25) is 0 Å². The highest BCUT2D eigenvalue weighted by molar-refractivity contribution is 6.06. The fraction of sp³-hybridized carbons (Fsp3) is 0.750. The molecular formula is C20H35NO3. The summed E-state index contributed by atoms with van der Waals surface area (Å²) >= 11 is 0. The van der Waals surface area contributed by atoms with Crippen molar-refractivity contribution in [2.45, 2.75) is 91.4 Å². The van der Waals surface area contributed by atoms with Crippen molar-refractivity contribution >= 4 is 17.5 Å². The van der Waals surface area contributed by atoms with E-state index in [1.165, 1.54) is 25.7 Å². The van der Waals surface area contributed by atoms with Crippen LogP contribution >= 0.6 is 0 Å². The molecule has 0 saturated heterocycles. The summed E-state index contributed by atoms with van der Waals surface area (Å²) in [4.78, 5) is 23.2. The number of unbranched alkanes of at least 4 members (excludes halogenated alkanes) is 5. The van der Waals surface area contributed by atoms with Crippen molar-refractivity contribution in [2.75, 3.05) is 0 Å². The second kappa shape index (κ2) is 13.9. The number of aliphatic carboxylic acids is 1. The first-order valence-electron chi connectivity index (χ1n) is 9.39. The maximum absolute atomic E-state index is 12.0. The van der Waals surface area contributed by atoms with E-state index in [2.05, 4.69) is 6.92 Å². The highest BCUT2D eigenvalue weighted by atomic mass is 16.4. The van der Waals surface area contributed by atoms with Gasteiger partial charge in [-0.15, -0.1) is 0 Å². The van der Waals surface area contributed by atoms with Gasteiger partial charge in [0.1, 0.15) is 0 Å². The van der Waals surface area contributed by atoms with Crippen LogP contribution in [0.25, 0.3) is 0 Å². The number of nitrogens with one attached hydrogen (secondary N) is 1. The van der Waals surface area contributed by atoms with Crippen LogP contribution < -0.4 is 0 Å². The molecule has 0 fully saturated rings. The van der Waals surface area contributed by atoms with Crippen LogP contribution in [-0.2, 0) is 9.59 Å². The van der Waals surface area contributed by atoms with E-state index in [9.17, 15) is 14.7 Å². The first-order valence-corrected chi connectivity index (χ1v) is 9.39. The van der Waals surface area contributed by atoms with Crippen molar-refractivity contribution in [2.24, 2.45) is 5.92 Å². The van der Waals surface area contributed by atoms with E-state index in [1.807, 2.05) is 13.8 Å². The Kier molecular flexibility index (Phi) is 13.1. The fourth-order valence-electron chi connectivity index (χ4n) is 2.75. The van der Waals surface area contributed by atoms with Crippen molar-refractivity contribution in [3.05, 3.63) is 11.6 Å². The highest BCUT2D eigenvalue weighted by Crippen LogP contribution is 2.16. The average Bonchev–Trinajstić information content (AvgIpc) is 2.50. The summed E-state index contributed by atoms with van der Waals surface area (Å²) in [5.74, 6) is -1.47. The Morgan fingerprint density at radius 2 is 1.67 bits per heavy atom. The molecule has 0 aromatic carbocycles. The highest BCUT2D eigenvalue weighted by Gasteiger charge is 2.19. The van der Waals surface area contributed by atoms with Crippen LogP contribution in [0.1, 0.15) is 91.4 Å². The van der Waals surface area contributed by atoms with Gasteiger partial charge in [-0.2, -0.15) is 0 Å². The molecule has 2 N–H and O–H groups in total. The summed E-state index contributed by atoms with van der Waals surface area (Å²) in [6.07, 6.45) is 11.2. The molecule has 0 saturated carbocycles. The topological polar surface area (TPSA) is 78.2 Å². The van der Waals surface area contributed by atoms with Crippen LogP contribution in [0.2, 0.25) is 0 Å². The van der Waals surface area contributed by atoms with Gasteiger partial charge in [-0.1, -0.05) is 57.9 Å². The second-order valence-corrected chi connectivity index (χ2v) is 6.78. The molecule has 0 heterocycles. The third-order valence-electron chi connectivity index (χ3n) is 4.22. The Morgan fingerprint density at radius 3 is 2.25 bits per heavy atom. The molecule has 4 nitrogen and oxygen atoms in total. The Balaban J connectivity index is 4.20. The van der Waals surface area contributed by atoms with Crippen molar-refractivity contribution in [1.82, 2.24) is 0 Å². The third kappa shape index (κ3) is 12.0. The Hall–Kier alpha value is -1.45. The minimum Gasteiger partial charge on any atom is -0.481 e. The minimum absolute atomic E-state index is 0.0447. The summed E-state index contributed by atoms with van der Waals surface area (Å²) in [5.41, 5.74) is 1.29. The maximum atomic E-state index is 12.0. The fourth-order valence-corrected chi connectivity index (χ4v) is 2.75. The predicted octanol–water partition coefficient (Wildman–Crippen LogP) is 5.55. The van der Waals surface area contributed by atoms with E-state index < -0.39 is 11.9 Å². The van der Waals surface area contributed by atoms with Crippen LogP contribution in [0.3, 0.4) is 0 Å². The number of carbonyl (C=O) groups excluding carboxylic acids is 1. The van der Waals surface area contributed by atoms with Gasteiger partial charge >= 0.3 is 5.97 Å². The lowest BCUT2D eigenvalue weighted by Gasteiger charge is -2.12. The molecule has 138 valence electrons. The molecule has 0 radical (unpaired) electrons. The van der Waals surface area contributed by atoms with Crippen molar-refractivity contribution < 1.29 is 14.7 Å². The van der Waals surface area contributed by atoms with E-state index in [4.69, 9.17) is 5.41 Å². The van der Waals surface area contributed by atoms with Gasteiger partial charge in [0.25, 0.3) is 0 Å². The summed E-state index contributed by atoms with van der Waals surface area (Å²) in [6.45, 7) is 6.17. The monoisotopic (exact) mass is 337 g/mol. The SMILES string of the molecule is CCCCCCCC(C)=CC(=O)CC(=N)CC(CCCC)C(=O)O. The minimum atomic E-state index is -0.862. The van der Waals surface area contributed by atoms with Crippen LogP contribution in [0.4, 0.5) is 0 Å². The van der Waals surface area contributed by atoms with Gasteiger partial charge in [0, 0.05) is 12.1 Å². The largest absolute Gasteiger partial charge is 0.481 e. The van der Waals surface area contributed by atoms with Gasteiger partial charge in [-0.25, -0.2) is 0 Å². The van der Waals surface area contributed by atoms with Crippen LogP contribution in [0, 0.1) is 11.3 Å². The Morgan fingerprint density at radius 1 is 1.04 bits per heavy atom. The zero-order chi connectivity index (χ0) is 18.4. The van der Waals surface area contributed by atoms with Crippen molar-refractivity contribution in [3.63, 3.8) is 0 Å². The zero-order valence-corrected chi connectivity index (χ0v) is 15.7. The molecule has 0 bridgehead atoms. The lowest BCUT2D eigenvalue weighted by molar-refractivity contribution is -0.141. The lowest BCUT2D eigenvalue weighted by atomic mass is 9.94. The molecule has 0 amide bonds. The molecule has 0 aromatic rings. The zero-order valence-electron chi connectivity index (χ0n) is 15.7. The number of ketones is 1. The van der Waals surface area contributed by atoms with Gasteiger partial charge < -0.3 is 10.5 Å². The van der Waals surface area contributed by atoms with Gasteiger partial charge in [0.15, 0.2) is 5.78 Å². The standard InChI is InChI=1S/C20H35NO3/c1-4-6-8-9-10-11-16(3)13-19(22)15-18(21)14-17(20(23)24)12-7-5-2/h13,17,21H,4-12,14-15H2,1-3H3,(H,23,24).